The van der Waals surface area contributed by atoms with Crippen molar-refractivity contribution in [1.29, 1.82) is 0 Å². The average molecular weight is 532 g/mol. The van der Waals surface area contributed by atoms with Gasteiger partial charge in [-0.3, -0.25) is 0 Å². The standard InChI is InChI=1S/C18H28O18/c19-1-2-10(5(22)7(24)16(31)32-2)33-18-9(26)6(23)11(13(36-18)15(29)30)34-17-8(25)3(20)4(21)12(35-17)14(27)28/h2-13,16-26,31H,1H2,(H,27,28)(H,29,30)/t2-,3+,4-,5-,6-,7-,8-,9-,10-,11+,12+,13+,16-,17+,18-/m1/s1. The predicted octanol–water partition coefficient (Wildman–Crippen LogP) is -7.39. The van der Waals surface area contributed by atoms with Gasteiger partial charge in [-0.15, -0.1) is 0 Å². The monoisotopic (exact) mass is 532 g/mol. The summed E-state index contributed by atoms with van der Waals surface area (Å²) in [6, 6.07) is 0. The molecule has 0 radical (unpaired) electrons. The summed E-state index contributed by atoms with van der Waals surface area (Å²) in [7, 11) is 0. The van der Waals surface area contributed by atoms with Gasteiger partial charge < -0.3 is 79.9 Å². The number of hydrogen-bond acceptors (Lipinski definition) is 16. The summed E-state index contributed by atoms with van der Waals surface area (Å²) in [5.74, 6) is -3.57. The third kappa shape index (κ3) is 5.47. The van der Waals surface area contributed by atoms with Crippen LogP contribution in [0.3, 0.4) is 0 Å². The fourth-order valence-electron chi connectivity index (χ4n) is 4.01. The molecule has 0 bridgehead atoms. The van der Waals surface area contributed by atoms with Crippen LogP contribution >= 0.6 is 0 Å². The van der Waals surface area contributed by atoms with E-state index in [0.717, 1.165) is 0 Å². The van der Waals surface area contributed by atoms with E-state index in [1.165, 1.54) is 0 Å². The lowest BCUT2D eigenvalue weighted by Gasteiger charge is -2.47. The molecule has 0 aromatic rings. The van der Waals surface area contributed by atoms with E-state index in [1.807, 2.05) is 0 Å². The first kappa shape index (κ1) is 28.9. The first-order valence-electron chi connectivity index (χ1n) is 10.6. The van der Waals surface area contributed by atoms with Gasteiger partial charge in [0, 0.05) is 0 Å². The highest BCUT2D eigenvalue weighted by molar-refractivity contribution is 5.74. The summed E-state index contributed by atoms with van der Waals surface area (Å²) in [5.41, 5.74) is 0. The molecule has 3 aliphatic heterocycles. The normalized spacial score (nSPS) is 50.0. The van der Waals surface area contributed by atoms with E-state index < -0.39 is 111 Å². The van der Waals surface area contributed by atoms with Crippen molar-refractivity contribution < 1.29 is 89.4 Å². The van der Waals surface area contributed by atoms with Crippen LogP contribution in [0.25, 0.3) is 0 Å². The maximum Gasteiger partial charge on any atom is 0.335 e. The van der Waals surface area contributed by atoms with Crippen molar-refractivity contribution in [3.05, 3.63) is 0 Å². The van der Waals surface area contributed by atoms with E-state index >= 15 is 0 Å². The van der Waals surface area contributed by atoms with Crippen LogP contribution in [-0.4, -0.2) is 167 Å². The molecule has 3 aliphatic rings. The zero-order valence-corrected chi connectivity index (χ0v) is 18.1. The van der Waals surface area contributed by atoms with E-state index in [0.29, 0.717) is 0 Å². The predicted molar refractivity (Wildman–Crippen MR) is 102 cm³/mol. The molecule has 0 aliphatic carbocycles. The van der Waals surface area contributed by atoms with Gasteiger partial charge in [0.1, 0.15) is 61.0 Å². The molecular weight excluding hydrogens is 504 g/mol. The van der Waals surface area contributed by atoms with E-state index in [4.69, 9.17) is 28.8 Å². The SMILES string of the molecule is O=C(O)[C@H]1O[C@H](O[C@H]2[C@H](O)[C@@H](O)[C@H](O[C@H]3[C@H](O)[C@@H](O)[C@H](O)O[C@@H]3CO)O[C@@H]2C(=O)O)[C@H](O)[C@@H](O)[C@H]1O. The van der Waals surface area contributed by atoms with Crippen molar-refractivity contribution in [2.75, 3.05) is 6.61 Å². The fourth-order valence-corrected chi connectivity index (χ4v) is 4.01. The van der Waals surface area contributed by atoms with E-state index in [1.54, 1.807) is 0 Å². The molecule has 36 heavy (non-hydrogen) atoms. The van der Waals surface area contributed by atoms with Gasteiger partial charge in [-0.05, 0) is 0 Å². The molecule has 18 heteroatoms. The number of carboxylic acids is 2. The highest BCUT2D eigenvalue weighted by atomic mass is 16.8. The fraction of sp³-hybridized carbons (Fsp3) is 0.889. The summed E-state index contributed by atoms with van der Waals surface area (Å²) in [5, 5.41) is 108. The molecule has 0 spiro atoms. The highest BCUT2D eigenvalue weighted by Crippen LogP contribution is 2.32. The third-order valence-electron chi connectivity index (χ3n) is 6.02. The molecule has 3 saturated heterocycles. The maximum absolute atomic E-state index is 11.8. The van der Waals surface area contributed by atoms with Crippen LogP contribution in [0, 0.1) is 0 Å². The molecule has 0 saturated carbocycles. The molecule has 3 heterocycles. The number of hydrogen-bond donors (Lipinski definition) is 11. The Hall–Kier alpha value is -1.62. The van der Waals surface area contributed by atoms with Gasteiger partial charge in [0.15, 0.2) is 31.1 Å². The van der Waals surface area contributed by atoms with E-state index in [9.17, 15) is 60.7 Å². The van der Waals surface area contributed by atoms with Crippen LogP contribution in [0.5, 0.6) is 0 Å². The molecule has 0 aromatic heterocycles. The lowest BCUT2D eigenvalue weighted by molar-refractivity contribution is -0.371. The number of carbonyl (C=O) groups is 2. The summed E-state index contributed by atoms with van der Waals surface area (Å²) in [6.45, 7) is -0.860. The molecule has 0 aromatic carbocycles. The van der Waals surface area contributed by atoms with Gasteiger partial charge in [-0.1, -0.05) is 0 Å². The average Bonchev–Trinajstić information content (AvgIpc) is 2.82. The number of aliphatic hydroxyl groups excluding tert-OH is 9. The first-order chi connectivity index (χ1) is 16.8. The Morgan fingerprint density at radius 3 is 1.58 bits per heavy atom. The highest BCUT2D eigenvalue weighted by Gasteiger charge is 2.55. The Labute approximate surface area is 201 Å². The smallest absolute Gasteiger partial charge is 0.335 e. The number of aliphatic carboxylic acids is 2. The number of ether oxygens (including phenoxy) is 5. The maximum atomic E-state index is 11.8. The van der Waals surface area contributed by atoms with Gasteiger partial charge in [0.05, 0.1) is 6.61 Å². The quantitative estimate of drug-likeness (QED) is 0.145. The van der Waals surface area contributed by atoms with Gasteiger partial charge in [-0.25, -0.2) is 9.59 Å². The van der Waals surface area contributed by atoms with Gasteiger partial charge >= 0.3 is 11.9 Å². The Morgan fingerprint density at radius 2 is 1.06 bits per heavy atom. The number of rotatable bonds is 7. The van der Waals surface area contributed by atoms with Crippen LogP contribution in [0.1, 0.15) is 0 Å². The van der Waals surface area contributed by atoms with Crippen molar-refractivity contribution >= 4 is 11.9 Å². The molecule has 208 valence electrons. The number of aliphatic hydroxyl groups is 9. The Balaban J connectivity index is 1.78. The molecule has 0 unspecified atom stereocenters. The van der Waals surface area contributed by atoms with Crippen LogP contribution in [-0.2, 0) is 33.3 Å². The van der Waals surface area contributed by atoms with Crippen LogP contribution in [0.2, 0.25) is 0 Å². The summed E-state index contributed by atoms with van der Waals surface area (Å²) in [4.78, 5) is 23.1. The van der Waals surface area contributed by atoms with Crippen molar-refractivity contribution in [3.8, 4) is 0 Å². The molecule has 11 N–H and O–H groups in total. The van der Waals surface area contributed by atoms with Crippen LogP contribution in [0.15, 0.2) is 0 Å². The summed E-state index contributed by atoms with van der Waals surface area (Å²) >= 11 is 0. The zero-order valence-electron chi connectivity index (χ0n) is 18.1. The first-order valence-corrected chi connectivity index (χ1v) is 10.6. The second-order valence-corrected chi connectivity index (χ2v) is 8.41. The minimum absolute atomic E-state index is 0.860. The molecule has 3 fully saturated rings. The Morgan fingerprint density at radius 1 is 0.583 bits per heavy atom. The lowest BCUT2D eigenvalue weighted by atomic mass is 9.96. The minimum Gasteiger partial charge on any atom is -0.479 e. The van der Waals surface area contributed by atoms with E-state index in [2.05, 4.69) is 0 Å². The van der Waals surface area contributed by atoms with Crippen LogP contribution < -0.4 is 0 Å². The molecule has 18 nitrogen and oxygen atoms in total. The summed E-state index contributed by atoms with van der Waals surface area (Å²) in [6.07, 6.45) is -30.1. The number of carboxylic acid groups (broad SMARTS) is 2. The molecule has 15 atom stereocenters. The second kappa shape index (κ2) is 11.4. The summed E-state index contributed by atoms with van der Waals surface area (Å²) < 4.78 is 25.4. The topological polar surface area (TPSA) is 303 Å². The Kier molecular flexibility index (Phi) is 9.17. The molecular formula is C18H28O18. The Bertz CT molecular complexity index is 779. The van der Waals surface area contributed by atoms with Gasteiger partial charge in [-0.2, -0.15) is 0 Å². The van der Waals surface area contributed by atoms with Crippen molar-refractivity contribution in [3.63, 3.8) is 0 Å². The zero-order chi connectivity index (χ0) is 27.1. The van der Waals surface area contributed by atoms with E-state index in [-0.39, 0.29) is 0 Å². The largest absolute Gasteiger partial charge is 0.479 e. The molecule has 0 amide bonds. The third-order valence-corrected chi connectivity index (χ3v) is 6.02. The minimum atomic E-state index is -2.20. The van der Waals surface area contributed by atoms with Gasteiger partial charge in [0.25, 0.3) is 0 Å². The lowest BCUT2D eigenvalue weighted by Crippen LogP contribution is -2.67. The van der Waals surface area contributed by atoms with Crippen molar-refractivity contribution in [2.24, 2.45) is 0 Å². The molecule has 3 rings (SSSR count). The van der Waals surface area contributed by atoms with Gasteiger partial charge in [0.2, 0.25) is 0 Å². The van der Waals surface area contributed by atoms with Crippen LogP contribution in [0.4, 0.5) is 0 Å². The second-order valence-electron chi connectivity index (χ2n) is 8.41. The van der Waals surface area contributed by atoms with Crippen molar-refractivity contribution in [2.45, 2.75) is 92.1 Å². The van der Waals surface area contributed by atoms with Crippen molar-refractivity contribution in [1.82, 2.24) is 0 Å².